The van der Waals surface area contributed by atoms with Crippen molar-refractivity contribution in [1.82, 2.24) is 5.32 Å². The molecule has 0 aromatic heterocycles. The number of rotatable bonds is 2. The maximum atomic E-state index is 3.53. The van der Waals surface area contributed by atoms with E-state index in [1.165, 1.54) is 28.4 Å². The first-order chi connectivity index (χ1) is 6.31. The van der Waals surface area contributed by atoms with Crippen LogP contribution in [0.25, 0.3) is 0 Å². The minimum absolute atomic E-state index is 0.591. The van der Waals surface area contributed by atoms with E-state index in [4.69, 9.17) is 0 Å². The average Bonchev–Trinajstić information content (AvgIpc) is 2.49. The van der Waals surface area contributed by atoms with E-state index in [-0.39, 0.29) is 0 Å². The van der Waals surface area contributed by atoms with Crippen molar-refractivity contribution >= 4 is 15.9 Å². The SMILES string of the molecule is CCCC1NCc2cc(Br)ccc21. The van der Waals surface area contributed by atoms with Gasteiger partial charge in [-0.25, -0.2) is 0 Å². The summed E-state index contributed by atoms with van der Waals surface area (Å²) in [6, 6.07) is 7.18. The van der Waals surface area contributed by atoms with Gasteiger partial charge >= 0.3 is 0 Å². The minimum atomic E-state index is 0.591. The zero-order chi connectivity index (χ0) is 9.26. The van der Waals surface area contributed by atoms with Gasteiger partial charge in [0.2, 0.25) is 0 Å². The summed E-state index contributed by atoms with van der Waals surface area (Å²) >= 11 is 3.50. The van der Waals surface area contributed by atoms with Gasteiger partial charge in [0.1, 0.15) is 0 Å². The van der Waals surface area contributed by atoms with Crippen molar-refractivity contribution in [2.24, 2.45) is 0 Å². The normalized spacial score (nSPS) is 20.3. The highest BCUT2D eigenvalue weighted by Crippen LogP contribution is 2.30. The van der Waals surface area contributed by atoms with E-state index in [9.17, 15) is 0 Å². The zero-order valence-corrected chi connectivity index (χ0v) is 9.39. The first kappa shape index (κ1) is 9.22. The van der Waals surface area contributed by atoms with Gasteiger partial charge in [0.15, 0.2) is 0 Å². The fourth-order valence-corrected chi connectivity index (χ4v) is 2.37. The Hall–Kier alpha value is -0.340. The number of hydrogen-bond acceptors (Lipinski definition) is 1. The number of halogens is 1. The maximum absolute atomic E-state index is 3.53. The van der Waals surface area contributed by atoms with Crippen LogP contribution < -0.4 is 5.32 Å². The van der Waals surface area contributed by atoms with Crippen molar-refractivity contribution in [2.75, 3.05) is 0 Å². The molecule has 1 N–H and O–H groups in total. The van der Waals surface area contributed by atoms with Crippen LogP contribution in [0, 0.1) is 0 Å². The number of benzene rings is 1. The van der Waals surface area contributed by atoms with Crippen LogP contribution >= 0.6 is 15.9 Å². The Balaban J connectivity index is 2.27. The molecule has 70 valence electrons. The minimum Gasteiger partial charge on any atom is -0.306 e. The summed E-state index contributed by atoms with van der Waals surface area (Å²) < 4.78 is 1.19. The number of fused-ring (bicyclic) bond motifs is 1. The molecule has 0 fully saturated rings. The summed E-state index contributed by atoms with van der Waals surface area (Å²) in [5, 5.41) is 3.53. The van der Waals surface area contributed by atoms with Crippen LogP contribution in [0.15, 0.2) is 22.7 Å². The highest BCUT2D eigenvalue weighted by molar-refractivity contribution is 9.10. The van der Waals surface area contributed by atoms with Crippen LogP contribution in [-0.2, 0) is 6.54 Å². The Morgan fingerprint density at radius 3 is 3.15 bits per heavy atom. The van der Waals surface area contributed by atoms with E-state index in [1.54, 1.807) is 0 Å². The van der Waals surface area contributed by atoms with Gasteiger partial charge in [0.25, 0.3) is 0 Å². The molecule has 1 heterocycles. The van der Waals surface area contributed by atoms with Crippen LogP contribution in [0.3, 0.4) is 0 Å². The van der Waals surface area contributed by atoms with Crippen molar-refractivity contribution in [3.05, 3.63) is 33.8 Å². The van der Waals surface area contributed by atoms with Gasteiger partial charge < -0.3 is 5.32 Å². The van der Waals surface area contributed by atoms with Gasteiger partial charge in [-0.1, -0.05) is 35.3 Å². The molecule has 13 heavy (non-hydrogen) atoms. The van der Waals surface area contributed by atoms with Gasteiger partial charge in [-0.15, -0.1) is 0 Å². The van der Waals surface area contributed by atoms with Crippen molar-refractivity contribution in [3.63, 3.8) is 0 Å². The lowest BCUT2D eigenvalue weighted by molar-refractivity contribution is 0.535. The molecule has 1 aliphatic heterocycles. The molecule has 1 aromatic carbocycles. The molecule has 2 heteroatoms. The van der Waals surface area contributed by atoms with Gasteiger partial charge in [-0.05, 0) is 29.7 Å². The highest BCUT2D eigenvalue weighted by atomic mass is 79.9. The molecular formula is C11H14BrN. The Kier molecular flexibility index (Phi) is 2.70. The summed E-state index contributed by atoms with van der Waals surface area (Å²) in [6.07, 6.45) is 2.49. The van der Waals surface area contributed by atoms with Gasteiger partial charge in [0.05, 0.1) is 0 Å². The molecular weight excluding hydrogens is 226 g/mol. The van der Waals surface area contributed by atoms with Gasteiger partial charge in [-0.2, -0.15) is 0 Å². The summed E-state index contributed by atoms with van der Waals surface area (Å²) in [5.74, 6) is 0. The molecule has 0 radical (unpaired) electrons. The Labute approximate surface area is 87.7 Å². The molecule has 1 nitrogen and oxygen atoms in total. The second kappa shape index (κ2) is 3.81. The van der Waals surface area contributed by atoms with Crippen LogP contribution in [0.4, 0.5) is 0 Å². The third-order valence-corrected chi connectivity index (χ3v) is 3.09. The quantitative estimate of drug-likeness (QED) is 0.835. The lowest BCUT2D eigenvalue weighted by Crippen LogP contribution is -2.11. The summed E-state index contributed by atoms with van der Waals surface area (Å²) in [6.45, 7) is 3.26. The van der Waals surface area contributed by atoms with Crippen molar-refractivity contribution in [1.29, 1.82) is 0 Å². The van der Waals surface area contributed by atoms with E-state index < -0.39 is 0 Å². The predicted molar refractivity (Wildman–Crippen MR) is 58.6 cm³/mol. The van der Waals surface area contributed by atoms with Crippen LogP contribution in [0.2, 0.25) is 0 Å². The van der Waals surface area contributed by atoms with Crippen LogP contribution in [0.5, 0.6) is 0 Å². The number of nitrogens with one attached hydrogen (secondary N) is 1. The van der Waals surface area contributed by atoms with Crippen molar-refractivity contribution < 1.29 is 0 Å². The zero-order valence-electron chi connectivity index (χ0n) is 7.81. The first-order valence-corrected chi connectivity index (χ1v) is 5.62. The number of hydrogen-bond donors (Lipinski definition) is 1. The average molecular weight is 240 g/mol. The molecule has 0 bridgehead atoms. The highest BCUT2D eigenvalue weighted by Gasteiger charge is 2.20. The third kappa shape index (κ3) is 1.79. The van der Waals surface area contributed by atoms with Crippen molar-refractivity contribution in [3.8, 4) is 0 Å². The Morgan fingerprint density at radius 2 is 2.38 bits per heavy atom. The molecule has 2 rings (SSSR count). The predicted octanol–water partition coefficient (Wildman–Crippen LogP) is 3.39. The van der Waals surface area contributed by atoms with Crippen molar-refractivity contribution in [2.45, 2.75) is 32.4 Å². The molecule has 0 amide bonds. The second-order valence-corrected chi connectivity index (χ2v) is 4.48. The van der Waals surface area contributed by atoms with E-state index in [0.29, 0.717) is 6.04 Å². The fourth-order valence-electron chi connectivity index (χ4n) is 1.96. The lowest BCUT2D eigenvalue weighted by atomic mass is 10.0. The summed E-state index contributed by atoms with van der Waals surface area (Å²) in [4.78, 5) is 0. The summed E-state index contributed by atoms with van der Waals surface area (Å²) in [7, 11) is 0. The molecule has 0 spiro atoms. The first-order valence-electron chi connectivity index (χ1n) is 4.83. The molecule has 0 aliphatic carbocycles. The largest absolute Gasteiger partial charge is 0.306 e. The van der Waals surface area contributed by atoms with E-state index in [1.807, 2.05) is 0 Å². The summed E-state index contributed by atoms with van der Waals surface area (Å²) in [5.41, 5.74) is 2.94. The van der Waals surface area contributed by atoms with Crippen LogP contribution in [-0.4, -0.2) is 0 Å². The molecule has 1 aliphatic rings. The maximum Gasteiger partial charge on any atom is 0.0326 e. The lowest BCUT2D eigenvalue weighted by Gasteiger charge is -2.09. The Morgan fingerprint density at radius 1 is 1.54 bits per heavy atom. The molecule has 1 aromatic rings. The van der Waals surface area contributed by atoms with Gasteiger partial charge in [-0.3, -0.25) is 0 Å². The second-order valence-electron chi connectivity index (χ2n) is 3.57. The Bertz CT molecular complexity index is 309. The monoisotopic (exact) mass is 239 g/mol. The third-order valence-electron chi connectivity index (χ3n) is 2.60. The molecule has 0 saturated heterocycles. The van der Waals surface area contributed by atoms with Crippen LogP contribution in [0.1, 0.15) is 36.9 Å². The van der Waals surface area contributed by atoms with E-state index >= 15 is 0 Å². The standard InChI is InChI=1S/C11H14BrN/c1-2-3-11-10-5-4-9(12)6-8(10)7-13-11/h4-6,11,13H,2-3,7H2,1H3. The molecule has 0 saturated carbocycles. The topological polar surface area (TPSA) is 12.0 Å². The smallest absolute Gasteiger partial charge is 0.0326 e. The van der Waals surface area contributed by atoms with E-state index in [2.05, 4.69) is 46.4 Å². The fraction of sp³-hybridized carbons (Fsp3) is 0.455. The van der Waals surface area contributed by atoms with Gasteiger partial charge in [0, 0.05) is 17.1 Å². The molecule has 1 unspecified atom stereocenters. The molecule has 1 atom stereocenters. The van der Waals surface area contributed by atoms with E-state index in [0.717, 1.165) is 6.54 Å².